The van der Waals surface area contributed by atoms with Crippen LogP contribution in [0.3, 0.4) is 0 Å². The molecule has 19 heavy (non-hydrogen) atoms. The molecule has 2 aromatic heterocycles. The normalized spacial score (nSPS) is 19.6. The Labute approximate surface area is 112 Å². The van der Waals surface area contributed by atoms with Crippen LogP contribution in [0.15, 0.2) is 24.4 Å². The first-order valence-corrected chi connectivity index (χ1v) is 6.65. The zero-order chi connectivity index (χ0) is 13.1. The summed E-state index contributed by atoms with van der Waals surface area (Å²) in [6.07, 6.45) is 4.10. The average molecular weight is 258 g/mol. The molecule has 100 valence electrons. The van der Waals surface area contributed by atoms with E-state index in [1.54, 1.807) is 6.20 Å². The van der Waals surface area contributed by atoms with Crippen molar-refractivity contribution in [2.24, 2.45) is 11.7 Å². The molecule has 0 spiro atoms. The number of piperidine rings is 1. The molecule has 1 fully saturated rings. The van der Waals surface area contributed by atoms with Gasteiger partial charge in [-0.05, 0) is 37.4 Å². The summed E-state index contributed by atoms with van der Waals surface area (Å²) in [6, 6.07) is 5.75. The second-order valence-corrected chi connectivity index (χ2v) is 4.89. The van der Waals surface area contributed by atoms with E-state index in [1.807, 2.05) is 18.2 Å². The largest absolute Gasteiger partial charge is 0.339 e. The molecule has 1 atom stereocenters. The third-order valence-electron chi connectivity index (χ3n) is 3.52. The SMILES string of the molecule is NCC1CCCN(c2n[nH]c(-c3ccccn3)n2)C1. The molecule has 3 N–H and O–H groups in total. The lowest BCUT2D eigenvalue weighted by Crippen LogP contribution is -2.38. The maximum atomic E-state index is 5.75. The van der Waals surface area contributed by atoms with Gasteiger partial charge >= 0.3 is 0 Å². The van der Waals surface area contributed by atoms with Gasteiger partial charge in [-0.25, -0.2) is 0 Å². The molecule has 6 nitrogen and oxygen atoms in total. The lowest BCUT2D eigenvalue weighted by atomic mass is 9.99. The standard InChI is InChI=1S/C13H18N6/c14-8-10-4-3-7-19(9-10)13-16-12(17-18-13)11-5-1-2-6-15-11/h1-2,5-6,10H,3-4,7-9,14H2,(H,16,17,18). The Balaban J connectivity index is 1.78. The summed E-state index contributed by atoms with van der Waals surface area (Å²) < 4.78 is 0. The third-order valence-corrected chi connectivity index (χ3v) is 3.52. The van der Waals surface area contributed by atoms with Gasteiger partial charge in [-0.15, -0.1) is 5.10 Å². The first-order chi connectivity index (χ1) is 9.36. The fourth-order valence-corrected chi connectivity index (χ4v) is 2.45. The molecule has 0 aliphatic carbocycles. The van der Waals surface area contributed by atoms with Crippen molar-refractivity contribution in [2.45, 2.75) is 12.8 Å². The number of aromatic nitrogens is 4. The second-order valence-electron chi connectivity index (χ2n) is 4.89. The summed E-state index contributed by atoms with van der Waals surface area (Å²) in [5.41, 5.74) is 6.57. The van der Waals surface area contributed by atoms with E-state index in [0.29, 0.717) is 11.7 Å². The quantitative estimate of drug-likeness (QED) is 0.859. The van der Waals surface area contributed by atoms with Gasteiger partial charge in [-0.2, -0.15) is 4.98 Å². The summed E-state index contributed by atoms with van der Waals surface area (Å²) >= 11 is 0. The summed E-state index contributed by atoms with van der Waals surface area (Å²) in [6.45, 7) is 2.67. The van der Waals surface area contributed by atoms with Gasteiger partial charge in [0.1, 0.15) is 5.69 Å². The van der Waals surface area contributed by atoms with Crippen molar-refractivity contribution in [3.05, 3.63) is 24.4 Å². The number of hydrogen-bond donors (Lipinski definition) is 2. The van der Waals surface area contributed by atoms with Crippen LogP contribution in [0.1, 0.15) is 12.8 Å². The lowest BCUT2D eigenvalue weighted by molar-refractivity contribution is 0.420. The summed E-state index contributed by atoms with van der Waals surface area (Å²) in [5.74, 6) is 2.01. The summed E-state index contributed by atoms with van der Waals surface area (Å²) in [4.78, 5) is 11.0. The number of pyridine rings is 1. The van der Waals surface area contributed by atoms with Crippen LogP contribution in [0.5, 0.6) is 0 Å². The highest BCUT2D eigenvalue weighted by molar-refractivity contribution is 5.50. The molecule has 3 heterocycles. The molecule has 1 aliphatic rings. The fourth-order valence-electron chi connectivity index (χ4n) is 2.45. The molecular formula is C13H18N6. The smallest absolute Gasteiger partial charge is 0.245 e. The minimum Gasteiger partial charge on any atom is -0.339 e. The molecule has 0 saturated carbocycles. The Morgan fingerprint density at radius 3 is 3.16 bits per heavy atom. The van der Waals surface area contributed by atoms with Crippen LogP contribution in [-0.2, 0) is 0 Å². The number of hydrogen-bond acceptors (Lipinski definition) is 5. The molecular weight excluding hydrogens is 240 g/mol. The van der Waals surface area contributed by atoms with Crippen LogP contribution in [0.4, 0.5) is 5.95 Å². The van der Waals surface area contributed by atoms with E-state index in [9.17, 15) is 0 Å². The van der Waals surface area contributed by atoms with E-state index >= 15 is 0 Å². The fraction of sp³-hybridized carbons (Fsp3) is 0.462. The summed E-state index contributed by atoms with van der Waals surface area (Å²) in [5, 5.41) is 7.25. The molecule has 0 aromatic carbocycles. The van der Waals surface area contributed by atoms with Crippen LogP contribution in [0.25, 0.3) is 11.5 Å². The number of nitrogens with zero attached hydrogens (tertiary/aromatic N) is 4. The van der Waals surface area contributed by atoms with E-state index in [0.717, 1.165) is 37.7 Å². The van der Waals surface area contributed by atoms with E-state index in [1.165, 1.54) is 6.42 Å². The first kappa shape index (κ1) is 12.1. The molecule has 1 unspecified atom stereocenters. The second kappa shape index (κ2) is 5.36. The third kappa shape index (κ3) is 2.58. The number of nitrogens with one attached hydrogen (secondary N) is 1. The zero-order valence-corrected chi connectivity index (χ0v) is 10.8. The molecule has 0 bridgehead atoms. The first-order valence-electron chi connectivity index (χ1n) is 6.65. The van der Waals surface area contributed by atoms with Gasteiger partial charge in [-0.1, -0.05) is 6.07 Å². The molecule has 1 aliphatic heterocycles. The molecule has 0 amide bonds. The Morgan fingerprint density at radius 1 is 1.42 bits per heavy atom. The van der Waals surface area contributed by atoms with Crippen molar-refractivity contribution in [1.29, 1.82) is 0 Å². The van der Waals surface area contributed by atoms with E-state index in [4.69, 9.17) is 5.73 Å². The van der Waals surface area contributed by atoms with Crippen LogP contribution >= 0.6 is 0 Å². The van der Waals surface area contributed by atoms with Gasteiger partial charge in [0.15, 0.2) is 5.82 Å². The minimum atomic E-state index is 0.547. The highest BCUT2D eigenvalue weighted by Crippen LogP contribution is 2.21. The van der Waals surface area contributed by atoms with Gasteiger partial charge in [0.2, 0.25) is 5.95 Å². The van der Waals surface area contributed by atoms with Gasteiger partial charge in [0.05, 0.1) is 0 Å². The molecule has 2 aromatic rings. The molecule has 6 heteroatoms. The number of anilines is 1. The van der Waals surface area contributed by atoms with Gasteiger partial charge < -0.3 is 10.6 Å². The average Bonchev–Trinajstić information content (AvgIpc) is 2.98. The van der Waals surface area contributed by atoms with Crippen molar-refractivity contribution in [1.82, 2.24) is 20.2 Å². The van der Waals surface area contributed by atoms with Crippen LogP contribution in [0, 0.1) is 5.92 Å². The van der Waals surface area contributed by atoms with E-state index < -0.39 is 0 Å². The predicted octanol–water partition coefficient (Wildman–Crippen LogP) is 1.04. The highest BCUT2D eigenvalue weighted by Gasteiger charge is 2.21. The van der Waals surface area contributed by atoms with Crippen molar-refractivity contribution < 1.29 is 0 Å². The Bertz CT molecular complexity index is 523. The van der Waals surface area contributed by atoms with Crippen LogP contribution in [-0.4, -0.2) is 39.8 Å². The number of rotatable bonds is 3. The Morgan fingerprint density at radius 2 is 2.37 bits per heavy atom. The number of nitrogens with two attached hydrogens (primary N) is 1. The topological polar surface area (TPSA) is 83.7 Å². The number of H-pyrrole nitrogens is 1. The highest BCUT2D eigenvalue weighted by atomic mass is 15.4. The molecule has 0 radical (unpaired) electrons. The maximum absolute atomic E-state index is 5.75. The molecule has 1 saturated heterocycles. The van der Waals surface area contributed by atoms with Crippen molar-refractivity contribution in [3.63, 3.8) is 0 Å². The number of aromatic amines is 1. The van der Waals surface area contributed by atoms with Crippen molar-refractivity contribution >= 4 is 5.95 Å². The van der Waals surface area contributed by atoms with Crippen molar-refractivity contribution in [3.8, 4) is 11.5 Å². The van der Waals surface area contributed by atoms with Gasteiger partial charge in [0, 0.05) is 19.3 Å². The Kier molecular flexibility index (Phi) is 3.41. The van der Waals surface area contributed by atoms with Crippen LogP contribution < -0.4 is 10.6 Å². The lowest BCUT2D eigenvalue weighted by Gasteiger charge is -2.31. The van der Waals surface area contributed by atoms with Crippen molar-refractivity contribution in [2.75, 3.05) is 24.5 Å². The molecule has 3 rings (SSSR count). The predicted molar refractivity (Wildman–Crippen MR) is 73.6 cm³/mol. The Hall–Kier alpha value is -1.95. The van der Waals surface area contributed by atoms with Crippen LogP contribution in [0.2, 0.25) is 0 Å². The zero-order valence-electron chi connectivity index (χ0n) is 10.8. The van der Waals surface area contributed by atoms with E-state index in [-0.39, 0.29) is 0 Å². The monoisotopic (exact) mass is 258 g/mol. The van der Waals surface area contributed by atoms with Gasteiger partial charge in [-0.3, -0.25) is 10.1 Å². The van der Waals surface area contributed by atoms with E-state index in [2.05, 4.69) is 25.1 Å². The minimum absolute atomic E-state index is 0.547. The summed E-state index contributed by atoms with van der Waals surface area (Å²) in [7, 11) is 0. The van der Waals surface area contributed by atoms with Gasteiger partial charge in [0.25, 0.3) is 0 Å². The maximum Gasteiger partial charge on any atom is 0.245 e.